The number of carbonyl (C=O) groups is 2. The molecule has 0 unspecified atom stereocenters. The predicted molar refractivity (Wildman–Crippen MR) is 230 cm³/mol. The van der Waals surface area contributed by atoms with E-state index >= 15 is 0 Å². The molecule has 0 spiro atoms. The monoisotopic (exact) mass is 890 g/mol. The molecule has 2 saturated heterocycles. The van der Waals surface area contributed by atoms with Crippen molar-refractivity contribution < 1.29 is 45.4 Å². The van der Waals surface area contributed by atoms with Crippen molar-refractivity contribution in [3.8, 4) is 11.5 Å². The molecule has 3 N–H and O–H groups in total. The molecule has 2 aliphatic rings. The van der Waals surface area contributed by atoms with Crippen LogP contribution in [0.3, 0.4) is 0 Å². The van der Waals surface area contributed by atoms with Crippen LogP contribution in [0.25, 0.3) is 21.8 Å². The summed E-state index contributed by atoms with van der Waals surface area (Å²) in [5.41, 5.74) is 1.09. The lowest BCUT2D eigenvalue weighted by Crippen LogP contribution is -2.44. The Balaban J connectivity index is 0.000000192. The van der Waals surface area contributed by atoms with Crippen LogP contribution in [-0.2, 0) is 21.9 Å². The molecular weight excluding hydrogens is 847 g/mol. The summed E-state index contributed by atoms with van der Waals surface area (Å²) in [6.07, 6.45) is -4.33. The molecule has 14 nitrogen and oxygen atoms in total. The number of piperazine rings is 1. The zero-order valence-electron chi connectivity index (χ0n) is 34.5. The number of carbonyl (C=O) groups excluding carboxylic acids is 2. The standard InChI is InChI=1S/C23H24F3N5O2.C21H20F3N5O2/c1-30-9-2-10-31(12-11-30)22-27-14-16-13-18(5-8-20(16)29-22)28-21(32)15-33-19-6-3-17(4-7-19)23(24,25)26;22-21(23,24)15-1-4-17(5-2-15)31-13-19(30)27-16-3-6-18-14(11-16)12-26-20(28-18)29-9-7-25-8-10-29/h3-8,13-14H,2,9-12,15H2,1H3,(H,28,32);1-6,11-12,25H,7-10,13H2,(H,27,30). The first-order valence-electron chi connectivity index (χ1n) is 20.3. The SMILES string of the molecule is CN1CCCN(c2ncc3cc(NC(=O)COc4ccc(C(F)(F)F)cc4)ccc3n2)CC1.O=C(COc1ccc(C(F)(F)F)cc1)Nc1ccc2nc(N3CCNCC3)ncc2c1. The van der Waals surface area contributed by atoms with Crippen LogP contribution >= 0.6 is 0 Å². The molecule has 336 valence electrons. The van der Waals surface area contributed by atoms with Crippen molar-refractivity contribution in [2.24, 2.45) is 0 Å². The van der Waals surface area contributed by atoms with E-state index in [1.165, 1.54) is 24.3 Å². The van der Waals surface area contributed by atoms with Gasteiger partial charge in [0, 0.05) is 80.4 Å². The van der Waals surface area contributed by atoms with Crippen LogP contribution in [0.4, 0.5) is 49.6 Å². The van der Waals surface area contributed by atoms with E-state index in [1.807, 2.05) is 6.07 Å². The highest BCUT2D eigenvalue weighted by Crippen LogP contribution is 2.31. The summed E-state index contributed by atoms with van der Waals surface area (Å²) in [6, 6.07) is 19.0. The van der Waals surface area contributed by atoms with E-state index in [2.05, 4.69) is 57.6 Å². The van der Waals surface area contributed by atoms with Gasteiger partial charge in [-0.25, -0.2) is 19.9 Å². The average Bonchev–Trinajstić information content (AvgIpc) is 3.51. The average molecular weight is 891 g/mol. The van der Waals surface area contributed by atoms with Crippen LogP contribution in [0, 0.1) is 0 Å². The summed E-state index contributed by atoms with van der Waals surface area (Å²) in [5.74, 6) is 0.862. The highest BCUT2D eigenvalue weighted by molar-refractivity contribution is 5.95. The Morgan fingerprint density at radius 2 is 1.06 bits per heavy atom. The summed E-state index contributed by atoms with van der Waals surface area (Å²) < 4.78 is 86.2. The number of nitrogens with one attached hydrogen (secondary N) is 3. The van der Waals surface area contributed by atoms with Crippen molar-refractivity contribution in [3.63, 3.8) is 0 Å². The number of fused-ring (bicyclic) bond motifs is 2. The second kappa shape index (κ2) is 20.1. The zero-order valence-corrected chi connectivity index (χ0v) is 34.5. The summed E-state index contributed by atoms with van der Waals surface area (Å²) in [4.78, 5) is 49.1. The van der Waals surface area contributed by atoms with E-state index in [-0.39, 0.29) is 24.7 Å². The van der Waals surface area contributed by atoms with Crippen molar-refractivity contribution in [1.82, 2.24) is 30.2 Å². The van der Waals surface area contributed by atoms with Gasteiger partial charge in [0.25, 0.3) is 11.8 Å². The fraction of sp³-hybridized carbons (Fsp3) is 0.318. The van der Waals surface area contributed by atoms with Crippen LogP contribution in [0.1, 0.15) is 17.5 Å². The van der Waals surface area contributed by atoms with Crippen molar-refractivity contribution >= 4 is 56.9 Å². The summed E-state index contributed by atoms with van der Waals surface area (Å²) >= 11 is 0. The lowest BCUT2D eigenvalue weighted by molar-refractivity contribution is -0.138. The highest BCUT2D eigenvalue weighted by atomic mass is 19.4. The Kier molecular flexibility index (Phi) is 14.2. The molecule has 2 amide bonds. The second-order valence-corrected chi connectivity index (χ2v) is 15.0. The molecule has 2 aliphatic heterocycles. The number of nitrogens with zero attached hydrogens (tertiary/aromatic N) is 7. The first-order valence-corrected chi connectivity index (χ1v) is 20.3. The Hall–Kier alpha value is -6.80. The molecule has 64 heavy (non-hydrogen) atoms. The minimum absolute atomic E-state index is 0.176. The third-order valence-electron chi connectivity index (χ3n) is 10.2. The topological polar surface area (TPSA) is 150 Å². The van der Waals surface area contributed by atoms with Gasteiger partial charge in [-0.05, 0) is 105 Å². The smallest absolute Gasteiger partial charge is 0.416 e. The van der Waals surface area contributed by atoms with Crippen LogP contribution in [0.15, 0.2) is 97.3 Å². The molecule has 6 aromatic rings. The number of halogens is 6. The maximum atomic E-state index is 12.6. The summed E-state index contributed by atoms with van der Waals surface area (Å²) in [6.45, 7) is 6.59. The minimum Gasteiger partial charge on any atom is -0.484 e. The van der Waals surface area contributed by atoms with Gasteiger partial charge in [0.15, 0.2) is 13.2 Å². The Bertz CT molecular complexity index is 2540. The molecule has 0 bridgehead atoms. The van der Waals surface area contributed by atoms with Crippen LogP contribution in [0.5, 0.6) is 11.5 Å². The van der Waals surface area contributed by atoms with Gasteiger partial charge in [0.2, 0.25) is 11.9 Å². The number of alkyl halides is 6. The molecule has 20 heteroatoms. The van der Waals surface area contributed by atoms with E-state index < -0.39 is 35.3 Å². The van der Waals surface area contributed by atoms with Crippen LogP contribution < -0.4 is 35.2 Å². The number of aromatic nitrogens is 4. The van der Waals surface area contributed by atoms with E-state index in [1.54, 1.807) is 42.7 Å². The molecule has 2 fully saturated rings. The number of benzene rings is 4. The van der Waals surface area contributed by atoms with Gasteiger partial charge in [-0.1, -0.05) is 0 Å². The number of hydrogen-bond acceptors (Lipinski definition) is 12. The van der Waals surface area contributed by atoms with E-state index in [0.717, 1.165) is 105 Å². The van der Waals surface area contributed by atoms with Gasteiger partial charge in [-0.15, -0.1) is 0 Å². The number of amides is 2. The quantitative estimate of drug-likeness (QED) is 0.123. The Morgan fingerprint density at radius 1 is 0.609 bits per heavy atom. The maximum absolute atomic E-state index is 12.6. The minimum atomic E-state index is -4.42. The van der Waals surface area contributed by atoms with Gasteiger partial charge >= 0.3 is 12.4 Å². The predicted octanol–water partition coefficient (Wildman–Crippen LogP) is 6.88. The summed E-state index contributed by atoms with van der Waals surface area (Å²) in [5, 5.41) is 10.3. The third-order valence-corrected chi connectivity index (χ3v) is 10.2. The molecule has 2 aromatic heterocycles. The van der Waals surface area contributed by atoms with Gasteiger partial charge in [0.1, 0.15) is 11.5 Å². The van der Waals surface area contributed by atoms with Crippen molar-refractivity contribution in [2.45, 2.75) is 18.8 Å². The van der Waals surface area contributed by atoms with Gasteiger partial charge in [-0.2, -0.15) is 26.3 Å². The molecule has 0 radical (unpaired) electrons. The highest BCUT2D eigenvalue weighted by Gasteiger charge is 2.31. The van der Waals surface area contributed by atoms with Crippen molar-refractivity contribution in [1.29, 1.82) is 0 Å². The fourth-order valence-electron chi connectivity index (χ4n) is 6.79. The maximum Gasteiger partial charge on any atom is 0.416 e. The Labute approximate surface area is 363 Å². The first-order chi connectivity index (χ1) is 30.7. The van der Waals surface area contributed by atoms with Gasteiger partial charge < -0.3 is 40.1 Å². The molecule has 4 heterocycles. The van der Waals surface area contributed by atoms with E-state index in [4.69, 9.17) is 9.47 Å². The molecule has 4 aromatic carbocycles. The molecule has 0 aliphatic carbocycles. The first kappa shape index (κ1) is 45.2. The number of likely N-dealkylation sites (N-methyl/N-ethyl adjacent to an activating group) is 1. The lowest BCUT2D eigenvalue weighted by Gasteiger charge is -2.27. The molecular formula is C44H44F6N10O4. The Morgan fingerprint density at radius 3 is 1.52 bits per heavy atom. The molecule has 0 saturated carbocycles. The lowest BCUT2D eigenvalue weighted by atomic mass is 10.2. The van der Waals surface area contributed by atoms with Gasteiger partial charge in [-0.3, -0.25) is 9.59 Å². The van der Waals surface area contributed by atoms with E-state index in [0.29, 0.717) is 23.3 Å². The number of ether oxygens (including phenoxy) is 2. The van der Waals surface area contributed by atoms with E-state index in [9.17, 15) is 35.9 Å². The zero-order chi connectivity index (χ0) is 45.3. The number of rotatable bonds is 10. The third kappa shape index (κ3) is 12.4. The number of anilines is 4. The normalized spacial score (nSPS) is 14.9. The largest absolute Gasteiger partial charge is 0.484 e. The number of hydrogen-bond donors (Lipinski definition) is 3. The second-order valence-electron chi connectivity index (χ2n) is 15.0. The van der Waals surface area contributed by atoms with Gasteiger partial charge in [0.05, 0.1) is 22.2 Å². The van der Waals surface area contributed by atoms with Crippen molar-refractivity contribution in [3.05, 3.63) is 108 Å². The fourth-order valence-corrected chi connectivity index (χ4v) is 6.79. The van der Waals surface area contributed by atoms with Crippen molar-refractivity contribution in [2.75, 3.05) is 93.1 Å². The summed E-state index contributed by atoms with van der Waals surface area (Å²) in [7, 11) is 2.11. The molecule has 8 rings (SSSR count). The van der Waals surface area contributed by atoms with Crippen LogP contribution in [-0.4, -0.2) is 109 Å². The molecule has 0 atom stereocenters. The van der Waals surface area contributed by atoms with Crippen LogP contribution in [0.2, 0.25) is 0 Å².